The van der Waals surface area contributed by atoms with E-state index in [9.17, 15) is 137 Å². The molecule has 0 radical (unpaired) electrons. The molecule has 0 unspecified atom stereocenters. The van der Waals surface area contributed by atoms with E-state index >= 15 is 0 Å². The van der Waals surface area contributed by atoms with Crippen LogP contribution in [0.3, 0.4) is 0 Å². The number of aliphatic imine (C=N–C) groups is 1. The van der Waals surface area contributed by atoms with Crippen molar-refractivity contribution in [2.45, 2.75) is 162 Å². The van der Waals surface area contributed by atoms with E-state index in [1.54, 1.807) is 18.2 Å². The average molecular weight is 1770 g/mol. The summed E-state index contributed by atoms with van der Waals surface area (Å²) in [7, 11) is 0. The number of nitrogens with two attached hydrogens (primary N) is 5. The van der Waals surface area contributed by atoms with Gasteiger partial charge in [-0.3, -0.25) is 96.1 Å². The Morgan fingerprint density at radius 3 is 1.13 bits per heavy atom. The highest BCUT2D eigenvalue weighted by atomic mass is 32.1. The van der Waals surface area contributed by atoms with Gasteiger partial charge in [-0.1, -0.05) is 30.3 Å². The van der Waals surface area contributed by atoms with Crippen LogP contribution in [0.1, 0.15) is 64.4 Å². The Morgan fingerprint density at radius 1 is 0.383 bits per heavy atom. The number of amides is 18. The number of aliphatic hydroxyl groups excluding tert-OH is 6. The summed E-state index contributed by atoms with van der Waals surface area (Å²) in [6.07, 6.45) is -3.60. The van der Waals surface area contributed by atoms with Crippen LogP contribution < -0.4 is 119 Å². The molecule has 0 bridgehead atoms. The first-order chi connectivity index (χ1) is 56.6. The molecule has 0 aromatic heterocycles. The maximum Gasteiger partial charge on any atom is 0.327 e. The Hall–Kier alpha value is -11.4. The van der Waals surface area contributed by atoms with Crippen molar-refractivity contribution < 1.29 is 137 Å². The Morgan fingerprint density at radius 2 is 0.725 bits per heavy atom. The van der Waals surface area contributed by atoms with Crippen molar-refractivity contribution in [3.63, 3.8) is 0 Å². The molecule has 672 valence electrons. The molecule has 0 aliphatic rings. The summed E-state index contributed by atoms with van der Waals surface area (Å²) >= 11 is 11.9. The van der Waals surface area contributed by atoms with E-state index < -0.39 is 292 Å². The Kier molecular flexibility index (Phi) is 50.6. The maximum atomic E-state index is 14.0. The number of primary amides is 1. The van der Waals surface area contributed by atoms with Crippen molar-refractivity contribution in [3.05, 3.63) is 35.9 Å². The second-order valence-corrected chi connectivity index (χ2v) is 27.2. The molecular weight excluding hydrogens is 1660 g/mol. The van der Waals surface area contributed by atoms with Crippen molar-refractivity contribution >= 4 is 162 Å². The minimum absolute atomic E-state index is 0.0499. The molecule has 16 atom stereocenters. The minimum Gasteiger partial charge on any atom is -0.481 e. The highest BCUT2D eigenvalue weighted by Gasteiger charge is 2.38. The number of unbranched alkanes of at least 4 members (excludes halogenated alkanes) is 1. The van der Waals surface area contributed by atoms with Crippen molar-refractivity contribution in [3.8, 4) is 0 Å². The van der Waals surface area contributed by atoms with E-state index in [4.69, 9.17) is 28.7 Å². The van der Waals surface area contributed by atoms with Gasteiger partial charge in [0.15, 0.2) is 5.96 Å². The van der Waals surface area contributed by atoms with Crippen molar-refractivity contribution in [1.29, 1.82) is 0 Å². The normalized spacial score (nSPS) is 14.9. The fraction of sp³-hybridized carbons (Fsp3) is 0.591. The molecule has 120 heavy (non-hydrogen) atoms. The zero-order valence-electron chi connectivity index (χ0n) is 64.9. The Balaban J connectivity index is 3.15. The molecule has 0 spiro atoms. The molecule has 1 aromatic carbocycles. The lowest BCUT2D eigenvalue weighted by Crippen LogP contribution is -2.61. The lowest BCUT2D eigenvalue weighted by Gasteiger charge is -2.26. The van der Waals surface area contributed by atoms with E-state index in [1.165, 1.54) is 19.1 Å². The first kappa shape index (κ1) is 107. The van der Waals surface area contributed by atoms with Crippen molar-refractivity contribution in [2.24, 2.45) is 33.7 Å². The van der Waals surface area contributed by atoms with Crippen LogP contribution in [-0.2, 0) is 102 Å². The molecule has 0 heterocycles. The van der Waals surface area contributed by atoms with Crippen LogP contribution in [0.4, 0.5) is 0 Å². The number of aliphatic carboxylic acids is 2. The first-order valence-corrected chi connectivity index (χ1v) is 38.4. The molecule has 54 heteroatoms. The molecule has 1 aromatic rings. The molecule has 0 saturated carbocycles. The molecule has 51 nitrogen and oxygen atoms in total. The number of carbonyl (C=O) groups is 20. The summed E-state index contributed by atoms with van der Waals surface area (Å²) in [5.41, 5.74) is 27.9. The Bertz CT molecular complexity index is 3730. The number of nitrogens with zero attached hydrogens (tertiary/aromatic N) is 1. The second kappa shape index (κ2) is 56.9. The number of carbonyl (C=O) groups excluding carboxylic acids is 18. The van der Waals surface area contributed by atoms with Gasteiger partial charge >= 0.3 is 11.9 Å². The Labute approximate surface area is 700 Å². The third kappa shape index (κ3) is 40.4. The zero-order valence-corrected chi connectivity index (χ0v) is 67.6. The predicted octanol–water partition coefficient (Wildman–Crippen LogP) is -17.5. The molecule has 0 fully saturated rings. The van der Waals surface area contributed by atoms with Crippen LogP contribution in [0.5, 0.6) is 0 Å². The fourth-order valence-electron chi connectivity index (χ4n) is 9.84. The number of carboxylic acid groups (broad SMARTS) is 2. The lowest BCUT2D eigenvalue weighted by atomic mass is 10.0. The van der Waals surface area contributed by atoms with Crippen LogP contribution >= 0.6 is 37.9 Å². The summed E-state index contributed by atoms with van der Waals surface area (Å²) < 4.78 is 0. The van der Waals surface area contributed by atoms with Gasteiger partial charge in [0, 0.05) is 30.2 Å². The monoisotopic (exact) mass is 1770 g/mol. The topological polar surface area (TPSA) is 850 Å². The van der Waals surface area contributed by atoms with Gasteiger partial charge in [0.25, 0.3) is 0 Å². The molecule has 1 rings (SSSR count). The van der Waals surface area contributed by atoms with Crippen LogP contribution in [0, 0.1) is 0 Å². The first-order valence-electron chi connectivity index (χ1n) is 36.5. The largest absolute Gasteiger partial charge is 0.481 e. The number of hydrogen-bond acceptors (Lipinski definition) is 32. The summed E-state index contributed by atoms with van der Waals surface area (Å²) in [4.78, 5) is 265. The highest BCUT2D eigenvalue weighted by molar-refractivity contribution is 7.80. The third-order valence-corrected chi connectivity index (χ3v) is 17.6. The zero-order chi connectivity index (χ0) is 91.1. The molecule has 0 saturated heterocycles. The van der Waals surface area contributed by atoms with E-state index in [-0.39, 0.29) is 56.9 Å². The van der Waals surface area contributed by atoms with Crippen LogP contribution in [0.15, 0.2) is 35.3 Å². The molecule has 35 N–H and O–H groups in total. The van der Waals surface area contributed by atoms with Gasteiger partial charge in [-0.2, -0.15) is 37.9 Å². The lowest BCUT2D eigenvalue weighted by molar-refractivity contribution is -0.142. The maximum absolute atomic E-state index is 14.0. The number of aliphatic hydroxyl groups is 6. The number of rotatable bonds is 58. The smallest absolute Gasteiger partial charge is 0.327 e. The van der Waals surface area contributed by atoms with Gasteiger partial charge in [-0.05, 0) is 58.1 Å². The van der Waals surface area contributed by atoms with Crippen molar-refractivity contribution in [1.82, 2.24) is 90.4 Å². The third-order valence-electron chi connectivity index (χ3n) is 16.5. The number of carboxylic acids is 2. The summed E-state index contributed by atoms with van der Waals surface area (Å²) in [5, 5.41) is 116. The van der Waals surface area contributed by atoms with Crippen molar-refractivity contribution in [2.75, 3.05) is 83.0 Å². The highest BCUT2D eigenvalue weighted by Crippen LogP contribution is 2.10. The summed E-state index contributed by atoms with van der Waals surface area (Å²) in [6.45, 7) is -6.23. The van der Waals surface area contributed by atoms with Gasteiger partial charge in [-0.25, -0.2) is 4.79 Å². The van der Waals surface area contributed by atoms with Crippen LogP contribution in [0.25, 0.3) is 0 Å². The number of benzene rings is 1. The van der Waals surface area contributed by atoms with Gasteiger partial charge in [-0.15, -0.1) is 0 Å². The summed E-state index contributed by atoms with van der Waals surface area (Å²) in [6, 6.07) is -18.4. The molecule has 0 aliphatic heterocycles. The van der Waals surface area contributed by atoms with E-state index in [1.807, 2.05) is 16.0 Å². The van der Waals surface area contributed by atoms with Crippen LogP contribution in [0.2, 0.25) is 0 Å². The molecular formula is C66H107N23O28S3. The number of nitrogens with one attached hydrogen (secondary N) is 17. The van der Waals surface area contributed by atoms with E-state index in [0.29, 0.717) is 12.0 Å². The standard InChI is InChI=1S/C66H107N23O28S3/c1-29(51(102)83-37(21-90)58(109)86-40(24-93)60(111)87-41(25-94)61(112)88-43(27-119)63(114)89-44(28-120)65(116)117)76-55(106)35(16-45(68)96)81-53(104)33(12-8-14-72-66(70)71)78-62(113)42(26-118)77-48(99)20-74-46(97)18-73-47(98)19-75-52(103)34(15-31-9-4-3-5-10-31)80-56(107)36(17-49(100)101)82-57(108)38(22-91)85-59(110)39(23-92)84-54(105)32(11-6-7-13-67)79-64(115)50(69)30(2)95/h3-5,9-10,29-30,32-44,50,90-95,118-120H,6-8,11-28,67,69H2,1-2H3,(H2,68,96)(H,73,98)(H,74,97)(H,75,103)(H,76,106)(H,77,99)(H,78,113)(H,79,115)(H,80,107)(H,81,104)(H,82,108)(H,83,102)(H,84,105)(H,85,110)(H,86,109)(H,87,111)(H,88,112)(H,89,114)(H,100,101)(H,116,117)(H4,70,71,72)/t29-,30+,32-,33-,34-,35-,36-,37-,38-,39-,40-,41-,42-,43-,44-,50-/m0/s1. The van der Waals surface area contributed by atoms with Gasteiger partial charge < -0.3 is 160 Å². The van der Waals surface area contributed by atoms with Gasteiger partial charge in [0.1, 0.15) is 90.6 Å². The predicted molar refractivity (Wildman–Crippen MR) is 425 cm³/mol. The fourth-order valence-corrected chi connectivity index (χ4v) is 10.6. The van der Waals surface area contributed by atoms with E-state index in [0.717, 1.165) is 6.92 Å². The number of thiol groups is 3. The SMILES string of the molecule is C[C@H](NC(=O)[C@H](CC(N)=O)NC(=O)[C@H](CCCN=C(N)N)NC(=O)[C@H](CS)NC(=O)CNC(=O)CNC(=O)CNC(=O)[C@H](Cc1ccccc1)NC(=O)[C@H](CC(=O)O)NC(=O)[C@H](CO)NC(=O)[C@H](CO)NC(=O)[C@H](CCCCN)NC(=O)[C@@H](N)[C@@H](C)O)C(=O)N[C@@H](CO)C(=O)N[C@@H](CO)C(=O)N[C@@H](CO)C(=O)N[C@@H](CS)C(=O)N[C@@H](CS)C(=O)O. The van der Waals surface area contributed by atoms with Gasteiger partial charge in [0.2, 0.25) is 106 Å². The van der Waals surface area contributed by atoms with Crippen LogP contribution in [-0.4, -0.2) is 345 Å². The van der Waals surface area contributed by atoms with Gasteiger partial charge in [0.05, 0.1) is 71.6 Å². The number of hydrogen-bond donors (Lipinski definition) is 33. The minimum atomic E-state index is -2.06. The number of guanidine groups is 1. The second-order valence-electron chi connectivity index (χ2n) is 26.1. The molecule has 18 amide bonds. The average Bonchev–Trinajstić information content (AvgIpc) is 0.861. The molecule has 0 aliphatic carbocycles. The quantitative estimate of drug-likeness (QED) is 0.0125. The summed E-state index contributed by atoms with van der Waals surface area (Å²) in [5.74, 6) is -25.9. The van der Waals surface area contributed by atoms with E-state index in [2.05, 4.69) is 117 Å².